The molecule has 2 heterocycles. The van der Waals surface area contributed by atoms with Crippen LogP contribution in [0.15, 0.2) is 60.7 Å². The molecule has 1 aliphatic carbocycles. The molecule has 0 saturated carbocycles. The number of anilines is 1. The Bertz CT molecular complexity index is 1450. The first-order chi connectivity index (χ1) is 20.0. The second-order valence-electron chi connectivity index (χ2n) is 11.3. The van der Waals surface area contributed by atoms with Gasteiger partial charge in [0.15, 0.2) is 0 Å². The molecule has 0 aromatic heterocycles. The summed E-state index contributed by atoms with van der Waals surface area (Å²) in [7, 11) is 0. The summed E-state index contributed by atoms with van der Waals surface area (Å²) in [5.74, 6) is 1.10. The summed E-state index contributed by atoms with van der Waals surface area (Å²) in [6.45, 7) is 2.78. The van der Waals surface area contributed by atoms with Crippen LogP contribution in [-0.4, -0.2) is 60.2 Å². The molecule has 2 aliphatic heterocycles. The number of likely N-dealkylation sites (tertiary alicyclic amines) is 1. The van der Waals surface area contributed by atoms with Crippen molar-refractivity contribution in [2.75, 3.05) is 37.8 Å². The number of alkyl halides is 1. The number of rotatable bonds is 7. The van der Waals surface area contributed by atoms with Crippen LogP contribution in [0.3, 0.4) is 0 Å². The number of benzene rings is 3. The summed E-state index contributed by atoms with van der Waals surface area (Å²) in [6, 6.07) is 20.2. The zero-order chi connectivity index (χ0) is 28.3. The van der Waals surface area contributed by atoms with E-state index in [0.717, 1.165) is 103 Å². The zero-order valence-electron chi connectivity index (χ0n) is 23.3. The maximum atomic E-state index is 12.6. The minimum Gasteiger partial charge on any atom is -0.508 e. The van der Waals surface area contributed by atoms with Gasteiger partial charge in [0.25, 0.3) is 0 Å². The van der Waals surface area contributed by atoms with Crippen LogP contribution in [0.4, 0.5) is 14.9 Å². The molecule has 0 spiro atoms. The van der Waals surface area contributed by atoms with Crippen LogP contribution in [-0.2, 0) is 12.8 Å². The van der Waals surface area contributed by atoms with E-state index in [4.69, 9.17) is 4.74 Å². The fourth-order valence-corrected chi connectivity index (χ4v) is 6.65. The van der Waals surface area contributed by atoms with Crippen molar-refractivity contribution in [3.8, 4) is 11.5 Å². The molecule has 0 radical (unpaired) electrons. The van der Waals surface area contributed by atoms with Crippen LogP contribution in [0.2, 0.25) is 0 Å². The van der Waals surface area contributed by atoms with Crippen LogP contribution >= 0.6 is 0 Å². The summed E-state index contributed by atoms with van der Waals surface area (Å²) in [4.78, 5) is 15.5. The number of fused-ring (bicyclic) bond motifs is 2. The molecule has 6 rings (SSSR count). The van der Waals surface area contributed by atoms with Crippen molar-refractivity contribution in [3.63, 3.8) is 0 Å². The molecule has 41 heavy (non-hydrogen) atoms. The van der Waals surface area contributed by atoms with Crippen LogP contribution in [0.5, 0.6) is 11.5 Å². The molecule has 214 valence electrons. The van der Waals surface area contributed by atoms with Crippen LogP contribution in [0.1, 0.15) is 59.9 Å². The normalized spacial score (nSPS) is 19.0. The molecule has 3 aliphatic rings. The molecule has 1 amide bonds. The first-order valence-corrected chi connectivity index (χ1v) is 14.7. The van der Waals surface area contributed by atoms with Crippen molar-refractivity contribution in [3.05, 3.63) is 88.5 Å². The largest absolute Gasteiger partial charge is 0.508 e. The maximum Gasteiger partial charge on any atom is 0.411 e. The lowest BCUT2D eigenvalue weighted by molar-refractivity contribution is 0.198. The first kappa shape index (κ1) is 27.3. The van der Waals surface area contributed by atoms with Gasteiger partial charge < -0.3 is 14.9 Å². The lowest BCUT2D eigenvalue weighted by Gasteiger charge is -2.28. The molecule has 3 aromatic rings. The number of phenols is 1. The average Bonchev–Trinajstić information content (AvgIpc) is 3.34. The standard InChI is InChI=1S/C34H37FN2O4/c35-16-3-17-36-19-15-29(22-36)41-28-11-7-23(8-12-28)33-30(6-1-4-24-21-27(38)10-13-31(24)33)25-9-14-32-26(20-25)5-2-18-37(32)34(39)40/h7-14,20-21,29,38H,1-6,15-19,22H2,(H,39,40)/t29-/m0/s1. The summed E-state index contributed by atoms with van der Waals surface area (Å²) in [6.07, 6.45) is 5.09. The highest BCUT2D eigenvalue weighted by atomic mass is 19.1. The second kappa shape index (κ2) is 12.0. The van der Waals surface area contributed by atoms with Crippen molar-refractivity contribution in [2.24, 2.45) is 0 Å². The Balaban J connectivity index is 1.35. The molecule has 6 nitrogen and oxygen atoms in total. The van der Waals surface area contributed by atoms with Gasteiger partial charge in [0.05, 0.1) is 12.4 Å². The van der Waals surface area contributed by atoms with Gasteiger partial charge in [-0.1, -0.05) is 24.3 Å². The molecule has 1 fully saturated rings. The van der Waals surface area contributed by atoms with Crippen LogP contribution in [0, 0.1) is 0 Å². The van der Waals surface area contributed by atoms with E-state index in [0.29, 0.717) is 13.0 Å². The highest BCUT2D eigenvalue weighted by Crippen LogP contribution is 2.42. The summed E-state index contributed by atoms with van der Waals surface area (Å²) >= 11 is 0. The van der Waals surface area contributed by atoms with Crippen LogP contribution < -0.4 is 9.64 Å². The second-order valence-corrected chi connectivity index (χ2v) is 11.3. The molecule has 7 heteroatoms. The zero-order valence-corrected chi connectivity index (χ0v) is 23.3. The van der Waals surface area contributed by atoms with Crippen molar-refractivity contribution >= 4 is 22.9 Å². The Morgan fingerprint density at radius 3 is 2.54 bits per heavy atom. The van der Waals surface area contributed by atoms with Gasteiger partial charge in [-0.15, -0.1) is 0 Å². The van der Waals surface area contributed by atoms with Gasteiger partial charge in [-0.2, -0.15) is 0 Å². The molecular formula is C34H37FN2O4. The molecule has 0 bridgehead atoms. The number of hydrogen-bond donors (Lipinski definition) is 2. The Morgan fingerprint density at radius 1 is 0.927 bits per heavy atom. The molecule has 0 unspecified atom stereocenters. The van der Waals surface area contributed by atoms with E-state index >= 15 is 0 Å². The number of carbonyl (C=O) groups is 1. The number of amides is 1. The van der Waals surface area contributed by atoms with E-state index in [1.807, 2.05) is 30.3 Å². The summed E-state index contributed by atoms with van der Waals surface area (Å²) in [5.41, 5.74) is 8.68. The van der Waals surface area contributed by atoms with E-state index in [9.17, 15) is 19.4 Å². The van der Waals surface area contributed by atoms with Gasteiger partial charge in [0.2, 0.25) is 0 Å². The monoisotopic (exact) mass is 556 g/mol. The number of nitrogens with zero attached hydrogens (tertiary/aromatic N) is 2. The predicted molar refractivity (Wildman–Crippen MR) is 160 cm³/mol. The van der Waals surface area contributed by atoms with Gasteiger partial charge >= 0.3 is 6.09 Å². The Labute approximate surface area is 240 Å². The van der Waals surface area contributed by atoms with Gasteiger partial charge in [-0.3, -0.25) is 14.2 Å². The summed E-state index contributed by atoms with van der Waals surface area (Å²) in [5, 5.41) is 19.9. The van der Waals surface area contributed by atoms with Crippen molar-refractivity contribution in [1.29, 1.82) is 0 Å². The minimum atomic E-state index is -0.908. The van der Waals surface area contributed by atoms with Gasteiger partial charge in [-0.25, -0.2) is 4.79 Å². The van der Waals surface area contributed by atoms with Crippen molar-refractivity contribution < 1.29 is 24.1 Å². The Kier molecular flexibility index (Phi) is 7.97. The van der Waals surface area contributed by atoms with E-state index in [2.05, 4.69) is 29.2 Å². The Hall–Kier alpha value is -3.84. The smallest absolute Gasteiger partial charge is 0.411 e. The number of halogens is 1. The van der Waals surface area contributed by atoms with E-state index in [1.165, 1.54) is 10.5 Å². The molecule has 2 N–H and O–H groups in total. The first-order valence-electron chi connectivity index (χ1n) is 14.7. The highest BCUT2D eigenvalue weighted by molar-refractivity contribution is 6.00. The number of aryl methyl sites for hydroxylation is 2. The lowest BCUT2D eigenvalue weighted by Crippen LogP contribution is -2.34. The fraction of sp³-hybridized carbons (Fsp3) is 0.382. The highest BCUT2D eigenvalue weighted by Gasteiger charge is 2.26. The van der Waals surface area contributed by atoms with Gasteiger partial charge in [-0.05, 0) is 120 Å². The summed E-state index contributed by atoms with van der Waals surface area (Å²) < 4.78 is 18.9. The van der Waals surface area contributed by atoms with Gasteiger partial charge in [0.1, 0.15) is 17.6 Å². The number of carboxylic acid groups (broad SMARTS) is 1. The molecule has 1 saturated heterocycles. The average molecular weight is 557 g/mol. The van der Waals surface area contributed by atoms with E-state index in [-0.39, 0.29) is 18.5 Å². The Morgan fingerprint density at radius 2 is 1.73 bits per heavy atom. The number of allylic oxidation sites excluding steroid dienone is 1. The third-order valence-corrected chi connectivity index (χ3v) is 8.59. The van der Waals surface area contributed by atoms with E-state index < -0.39 is 6.09 Å². The quantitative estimate of drug-likeness (QED) is 0.330. The number of hydrogen-bond acceptors (Lipinski definition) is 4. The lowest BCUT2D eigenvalue weighted by atomic mass is 9.86. The van der Waals surface area contributed by atoms with Gasteiger partial charge in [0, 0.05) is 26.2 Å². The van der Waals surface area contributed by atoms with Crippen molar-refractivity contribution in [1.82, 2.24) is 4.90 Å². The molecule has 3 aromatic carbocycles. The van der Waals surface area contributed by atoms with Crippen LogP contribution in [0.25, 0.3) is 11.1 Å². The third-order valence-electron chi connectivity index (χ3n) is 8.59. The molecular weight excluding hydrogens is 519 g/mol. The van der Waals surface area contributed by atoms with E-state index in [1.54, 1.807) is 6.07 Å². The SMILES string of the molecule is O=C(O)N1CCCc2cc(C3=C(c4ccc(O[C@H]5CCN(CCCF)C5)cc4)c4ccc(O)cc4CCC3)ccc21. The topological polar surface area (TPSA) is 73.2 Å². The van der Waals surface area contributed by atoms with Crippen molar-refractivity contribution in [2.45, 2.75) is 51.0 Å². The number of ether oxygens (including phenoxy) is 1. The fourth-order valence-electron chi connectivity index (χ4n) is 6.65. The number of aromatic hydroxyl groups is 1. The predicted octanol–water partition coefficient (Wildman–Crippen LogP) is 6.93. The number of phenolic OH excluding ortho intramolecular Hbond substituents is 1. The third kappa shape index (κ3) is 5.82. The molecule has 1 atom stereocenters. The minimum absolute atomic E-state index is 0.109. The maximum absolute atomic E-state index is 12.6.